The second kappa shape index (κ2) is 5.27. The number of hydrogen-bond acceptors (Lipinski definition) is 3. The first-order chi connectivity index (χ1) is 8.61. The Balaban J connectivity index is 2.32. The molecule has 0 atom stereocenters. The molecule has 0 amide bonds. The summed E-state index contributed by atoms with van der Waals surface area (Å²) in [6.45, 7) is 3.87. The van der Waals surface area contributed by atoms with Gasteiger partial charge in [0.05, 0.1) is 12.3 Å². The lowest BCUT2D eigenvalue weighted by Crippen LogP contribution is -2.09. The van der Waals surface area contributed by atoms with Crippen LogP contribution in [0.15, 0.2) is 24.3 Å². The molecule has 0 aliphatic carbocycles. The van der Waals surface area contributed by atoms with Crippen LogP contribution in [0.5, 0.6) is 0 Å². The van der Waals surface area contributed by atoms with Gasteiger partial charge >= 0.3 is 0 Å². The van der Waals surface area contributed by atoms with Crippen molar-refractivity contribution in [3.8, 4) is 0 Å². The van der Waals surface area contributed by atoms with Gasteiger partial charge in [0.25, 0.3) is 0 Å². The zero-order chi connectivity index (χ0) is 13.1. The van der Waals surface area contributed by atoms with Crippen molar-refractivity contribution >= 4 is 0 Å². The van der Waals surface area contributed by atoms with Crippen LogP contribution < -0.4 is 0 Å². The molecule has 1 N–H and O–H groups in total. The topological polar surface area (TPSA) is 50.9 Å². The first kappa shape index (κ1) is 12.7. The number of nitrogens with zero attached hydrogens (tertiary/aromatic N) is 3. The highest BCUT2D eigenvalue weighted by Crippen LogP contribution is 2.16. The third-order valence-corrected chi connectivity index (χ3v) is 2.80. The Bertz CT molecular complexity index is 520. The molecular formula is C13H16FN3O. The quantitative estimate of drug-likeness (QED) is 0.902. The van der Waals surface area contributed by atoms with Crippen LogP contribution in [-0.4, -0.2) is 20.1 Å². The molecule has 1 aromatic carbocycles. The fourth-order valence-corrected chi connectivity index (χ4v) is 1.86. The lowest BCUT2D eigenvalue weighted by atomic mass is 10.1. The Morgan fingerprint density at radius 2 is 1.94 bits per heavy atom. The predicted octanol–water partition coefficient (Wildman–Crippen LogP) is 2.08. The molecule has 2 aromatic rings. The second-order valence-electron chi connectivity index (χ2n) is 4.48. The lowest BCUT2D eigenvalue weighted by Gasteiger charge is -2.10. The van der Waals surface area contributed by atoms with Gasteiger partial charge in [0, 0.05) is 12.5 Å². The third-order valence-electron chi connectivity index (χ3n) is 2.80. The molecule has 1 heterocycles. The van der Waals surface area contributed by atoms with Crippen molar-refractivity contribution in [3.63, 3.8) is 0 Å². The van der Waals surface area contributed by atoms with E-state index in [0.717, 1.165) is 11.3 Å². The van der Waals surface area contributed by atoms with Crippen molar-refractivity contribution in [2.75, 3.05) is 0 Å². The summed E-state index contributed by atoms with van der Waals surface area (Å²) in [4.78, 5) is 0. The minimum absolute atomic E-state index is 0.136. The molecule has 2 rings (SSSR count). The third kappa shape index (κ3) is 2.56. The summed E-state index contributed by atoms with van der Waals surface area (Å²) in [5.41, 5.74) is 2.42. The number of aliphatic hydroxyl groups excluding tert-OH is 1. The molecule has 0 bridgehead atoms. The Labute approximate surface area is 105 Å². The standard InChI is InChI=1S/C13H16FN3O/c1-9(2)17-13(12(8-18)15-16-17)7-10-3-5-11(14)6-4-10/h3-6,9,18H,7-8H2,1-2H3. The van der Waals surface area contributed by atoms with Gasteiger partial charge in [-0.3, -0.25) is 0 Å². The van der Waals surface area contributed by atoms with E-state index in [1.54, 1.807) is 16.8 Å². The van der Waals surface area contributed by atoms with Crippen LogP contribution in [0, 0.1) is 5.82 Å². The summed E-state index contributed by atoms with van der Waals surface area (Å²) in [7, 11) is 0. The maximum absolute atomic E-state index is 12.8. The van der Waals surface area contributed by atoms with Crippen LogP contribution in [0.4, 0.5) is 4.39 Å². The molecule has 0 saturated carbocycles. The lowest BCUT2D eigenvalue weighted by molar-refractivity contribution is 0.275. The van der Waals surface area contributed by atoms with Gasteiger partial charge in [0.2, 0.25) is 0 Å². The van der Waals surface area contributed by atoms with E-state index in [2.05, 4.69) is 10.3 Å². The van der Waals surface area contributed by atoms with Gasteiger partial charge in [-0.15, -0.1) is 5.10 Å². The van der Waals surface area contributed by atoms with Crippen LogP contribution in [0.1, 0.15) is 36.8 Å². The van der Waals surface area contributed by atoms with Gasteiger partial charge in [0.1, 0.15) is 11.5 Å². The number of hydrogen-bond donors (Lipinski definition) is 1. The van der Waals surface area contributed by atoms with Crippen LogP contribution in [-0.2, 0) is 13.0 Å². The maximum atomic E-state index is 12.8. The molecule has 18 heavy (non-hydrogen) atoms. The van der Waals surface area contributed by atoms with Crippen LogP contribution in [0.2, 0.25) is 0 Å². The number of rotatable bonds is 4. The molecule has 96 valence electrons. The summed E-state index contributed by atoms with van der Waals surface area (Å²) >= 11 is 0. The zero-order valence-electron chi connectivity index (χ0n) is 10.5. The number of benzene rings is 1. The molecule has 0 fully saturated rings. The van der Waals surface area contributed by atoms with Gasteiger partial charge in [-0.1, -0.05) is 17.3 Å². The largest absolute Gasteiger partial charge is 0.390 e. The minimum atomic E-state index is -0.253. The van der Waals surface area contributed by atoms with E-state index in [0.29, 0.717) is 12.1 Å². The smallest absolute Gasteiger partial charge is 0.123 e. The zero-order valence-corrected chi connectivity index (χ0v) is 10.5. The van der Waals surface area contributed by atoms with Crippen LogP contribution >= 0.6 is 0 Å². The molecule has 0 aliphatic rings. The fourth-order valence-electron chi connectivity index (χ4n) is 1.86. The van der Waals surface area contributed by atoms with E-state index in [4.69, 9.17) is 0 Å². The van der Waals surface area contributed by atoms with Gasteiger partial charge in [-0.2, -0.15) is 0 Å². The van der Waals surface area contributed by atoms with E-state index in [1.807, 2.05) is 13.8 Å². The molecule has 0 spiro atoms. The van der Waals surface area contributed by atoms with Crippen molar-refractivity contribution in [2.24, 2.45) is 0 Å². The molecule has 0 aliphatic heterocycles. The van der Waals surface area contributed by atoms with E-state index in [-0.39, 0.29) is 18.5 Å². The van der Waals surface area contributed by atoms with Crippen molar-refractivity contribution in [2.45, 2.75) is 32.9 Å². The molecule has 0 radical (unpaired) electrons. The van der Waals surface area contributed by atoms with E-state index in [9.17, 15) is 9.50 Å². The Morgan fingerprint density at radius 1 is 1.28 bits per heavy atom. The summed E-state index contributed by atoms with van der Waals surface area (Å²) < 4.78 is 14.6. The van der Waals surface area contributed by atoms with Crippen molar-refractivity contribution in [3.05, 3.63) is 47.0 Å². The Hall–Kier alpha value is -1.75. The highest BCUT2D eigenvalue weighted by atomic mass is 19.1. The molecular weight excluding hydrogens is 233 g/mol. The number of aliphatic hydroxyl groups is 1. The molecule has 4 nitrogen and oxygen atoms in total. The average molecular weight is 249 g/mol. The van der Waals surface area contributed by atoms with E-state index < -0.39 is 0 Å². The van der Waals surface area contributed by atoms with Gasteiger partial charge in [-0.05, 0) is 31.5 Å². The molecule has 5 heteroatoms. The second-order valence-corrected chi connectivity index (χ2v) is 4.48. The Morgan fingerprint density at radius 3 is 2.50 bits per heavy atom. The van der Waals surface area contributed by atoms with Gasteiger partial charge in [-0.25, -0.2) is 9.07 Å². The summed E-state index contributed by atoms with van der Waals surface area (Å²) in [6, 6.07) is 6.49. The molecule has 0 unspecified atom stereocenters. The maximum Gasteiger partial charge on any atom is 0.123 e. The highest BCUT2D eigenvalue weighted by Gasteiger charge is 2.14. The van der Waals surface area contributed by atoms with Crippen LogP contribution in [0.25, 0.3) is 0 Å². The summed E-state index contributed by atoms with van der Waals surface area (Å²) in [6.07, 6.45) is 0.585. The summed E-state index contributed by atoms with van der Waals surface area (Å²) in [5.74, 6) is -0.253. The van der Waals surface area contributed by atoms with Crippen molar-refractivity contribution in [1.82, 2.24) is 15.0 Å². The average Bonchev–Trinajstić information content (AvgIpc) is 2.75. The SMILES string of the molecule is CC(C)n1nnc(CO)c1Cc1ccc(F)cc1. The van der Waals surface area contributed by atoms with Crippen molar-refractivity contribution < 1.29 is 9.50 Å². The predicted molar refractivity (Wildman–Crippen MR) is 65.5 cm³/mol. The minimum Gasteiger partial charge on any atom is -0.390 e. The van der Waals surface area contributed by atoms with Gasteiger partial charge < -0.3 is 5.11 Å². The van der Waals surface area contributed by atoms with Gasteiger partial charge in [0.15, 0.2) is 0 Å². The van der Waals surface area contributed by atoms with E-state index >= 15 is 0 Å². The molecule has 1 aromatic heterocycles. The monoisotopic (exact) mass is 249 g/mol. The fraction of sp³-hybridized carbons (Fsp3) is 0.385. The van der Waals surface area contributed by atoms with E-state index in [1.165, 1.54) is 12.1 Å². The first-order valence-electron chi connectivity index (χ1n) is 5.90. The number of aromatic nitrogens is 3. The molecule has 0 saturated heterocycles. The highest BCUT2D eigenvalue weighted by molar-refractivity contribution is 5.24. The number of halogens is 1. The first-order valence-corrected chi connectivity index (χ1v) is 5.90. The summed E-state index contributed by atoms with van der Waals surface area (Å²) in [5, 5.41) is 17.3. The normalized spacial score (nSPS) is 11.2. The van der Waals surface area contributed by atoms with Crippen molar-refractivity contribution in [1.29, 1.82) is 0 Å². The van der Waals surface area contributed by atoms with Crippen LogP contribution in [0.3, 0.4) is 0 Å². The Kier molecular flexibility index (Phi) is 3.72.